The number of ether oxygens (including phenoxy) is 2. The lowest BCUT2D eigenvalue weighted by Gasteiger charge is -2.09. The zero-order valence-electron chi connectivity index (χ0n) is 17.8. The van der Waals surface area contributed by atoms with E-state index in [2.05, 4.69) is 20.1 Å². The maximum atomic E-state index is 12.3. The van der Waals surface area contributed by atoms with E-state index in [-0.39, 0.29) is 12.7 Å². The summed E-state index contributed by atoms with van der Waals surface area (Å²) >= 11 is 3.25. The van der Waals surface area contributed by atoms with Crippen LogP contribution in [0.1, 0.15) is 18.4 Å². The van der Waals surface area contributed by atoms with Gasteiger partial charge in [0.25, 0.3) is 0 Å². The molecule has 1 amide bonds. The van der Waals surface area contributed by atoms with Crippen LogP contribution in [-0.4, -0.2) is 33.2 Å². The highest BCUT2D eigenvalue weighted by Crippen LogP contribution is 2.33. The number of nitrogens with zero attached hydrogens (tertiary/aromatic N) is 3. The number of hydrogen-bond donors (Lipinski definition) is 1. The first kappa shape index (κ1) is 21.5. The third-order valence-corrected chi connectivity index (χ3v) is 6.98. The number of carbonyl (C=O) groups is 1. The van der Waals surface area contributed by atoms with Crippen LogP contribution in [0, 0.1) is 0 Å². The van der Waals surface area contributed by atoms with E-state index in [0.29, 0.717) is 13.0 Å². The molecule has 0 saturated carbocycles. The molecule has 0 radical (unpaired) electrons. The summed E-state index contributed by atoms with van der Waals surface area (Å²) in [6.45, 7) is 0.713. The second-order valence-electron chi connectivity index (χ2n) is 7.37. The third-order valence-electron chi connectivity index (χ3n) is 5.10. The fourth-order valence-corrected chi connectivity index (χ4v) is 5.06. The van der Waals surface area contributed by atoms with Crippen molar-refractivity contribution < 1.29 is 14.3 Å². The number of amides is 1. The van der Waals surface area contributed by atoms with Gasteiger partial charge in [0.05, 0.1) is 4.88 Å². The van der Waals surface area contributed by atoms with Gasteiger partial charge in [0.1, 0.15) is 0 Å². The number of hydrogen-bond acceptors (Lipinski definition) is 7. The zero-order chi connectivity index (χ0) is 22.5. The van der Waals surface area contributed by atoms with E-state index in [9.17, 15) is 4.79 Å². The van der Waals surface area contributed by atoms with Gasteiger partial charge in [-0.1, -0.05) is 42.1 Å². The van der Waals surface area contributed by atoms with Gasteiger partial charge in [-0.05, 0) is 47.7 Å². The summed E-state index contributed by atoms with van der Waals surface area (Å²) in [7, 11) is 0. The Morgan fingerprint density at radius 3 is 2.79 bits per heavy atom. The fourth-order valence-electron chi connectivity index (χ4n) is 3.47. The Hall–Kier alpha value is -3.30. The number of thioether (sulfide) groups is 1. The highest BCUT2D eigenvalue weighted by molar-refractivity contribution is 7.99. The number of rotatable bonds is 9. The van der Waals surface area contributed by atoms with Crippen molar-refractivity contribution in [2.45, 2.75) is 24.5 Å². The second-order valence-corrected chi connectivity index (χ2v) is 9.38. The van der Waals surface area contributed by atoms with E-state index in [4.69, 9.17) is 9.47 Å². The highest BCUT2D eigenvalue weighted by Gasteiger charge is 2.17. The largest absolute Gasteiger partial charge is 0.454 e. The van der Waals surface area contributed by atoms with Crippen LogP contribution in [0.3, 0.4) is 0 Å². The maximum Gasteiger partial charge on any atom is 0.231 e. The lowest BCUT2D eigenvalue weighted by atomic mass is 10.2. The number of para-hydroxylation sites is 1. The van der Waals surface area contributed by atoms with Gasteiger partial charge >= 0.3 is 0 Å². The molecule has 168 valence electrons. The Balaban J connectivity index is 1.15. The molecule has 0 saturated heterocycles. The van der Waals surface area contributed by atoms with E-state index >= 15 is 0 Å². The van der Waals surface area contributed by atoms with E-state index in [1.165, 1.54) is 0 Å². The summed E-state index contributed by atoms with van der Waals surface area (Å²) in [6.07, 6.45) is 1.20. The Kier molecular flexibility index (Phi) is 6.59. The minimum atomic E-state index is 0.0251. The molecule has 0 fully saturated rings. The Morgan fingerprint density at radius 2 is 1.94 bits per heavy atom. The van der Waals surface area contributed by atoms with Gasteiger partial charge in [0, 0.05) is 24.4 Å². The van der Waals surface area contributed by atoms with Gasteiger partial charge in [-0.3, -0.25) is 9.36 Å². The van der Waals surface area contributed by atoms with Crippen molar-refractivity contribution in [2.75, 3.05) is 12.5 Å². The van der Waals surface area contributed by atoms with E-state index in [1.54, 1.807) is 23.1 Å². The van der Waals surface area contributed by atoms with Crippen molar-refractivity contribution in [1.82, 2.24) is 20.1 Å². The fraction of sp³-hybridized carbons (Fsp3) is 0.208. The van der Waals surface area contributed by atoms with Crippen LogP contribution in [-0.2, 0) is 11.3 Å². The first-order valence-electron chi connectivity index (χ1n) is 10.6. The molecule has 7 nitrogen and oxygen atoms in total. The molecule has 5 rings (SSSR count). The van der Waals surface area contributed by atoms with Crippen LogP contribution in [0.4, 0.5) is 0 Å². The first-order valence-corrected chi connectivity index (χ1v) is 12.5. The smallest absolute Gasteiger partial charge is 0.231 e. The lowest BCUT2D eigenvalue weighted by Crippen LogP contribution is -2.22. The molecule has 3 heterocycles. The van der Waals surface area contributed by atoms with E-state index < -0.39 is 0 Å². The number of nitrogens with one attached hydrogen (secondary N) is 1. The molecule has 1 N–H and O–H groups in total. The van der Waals surface area contributed by atoms with Gasteiger partial charge in [0.15, 0.2) is 22.5 Å². The Morgan fingerprint density at radius 1 is 1.06 bits per heavy atom. The van der Waals surface area contributed by atoms with Crippen LogP contribution >= 0.6 is 23.1 Å². The molecule has 2 aromatic heterocycles. The third kappa shape index (κ3) is 5.04. The van der Waals surface area contributed by atoms with Crippen LogP contribution in [0.15, 0.2) is 71.2 Å². The number of benzene rings is 2. The molecule has 0 atom stereocenters. The molecule has 9 heteroatoms. The number of fused-ring (bicyclic) bond motifs is 1. The van der Waals surface area contributed by atoms with Gasteiger partial charge < -0.3 is 14.8 Å². The van der Waals surface area contributed by atoms with Crippen molar-refractivity contribution in [3.63, 3.8) is 0 Å². The van der Waals surface area contributed by atoms with Gasteiger partial charge in [-0.15, -0.1) is 21.5 Å². The summed E-state index contributed by atoms with van der Waals surface area (Å²) in [5, 5.41) is 14.7. The molecular weight excluding hydrogens is 456 g/mol. The molecule has 1 aliphatic heterocycles. The van der Waals surface area contributed by atoms with Gasteiger partial charge in [-0.2, -0.15) is 0 Å². The summed E-state index contributed by atoms with van der Waals surface area (Å²) in [5.74, 6) is 3.10. The molecule has 0 bridgehead atoms. The van der Waals surface area contributed by atoms with Crippen LogP contribution in [0.25, 0.3) is 16.4 Å². The van der Waals surface area contributed by atoms with E-state index in [0.717, 1.165) is 50.8 Å². The second kappa shape index (κ2) is 10.1. The molecule has 2 aromatic carbocycles. The van der Waals surface area contributed by atoms with Crippen molar-refractivity contribution in [2.24, 2.45) is 0 Å². The normalized spacial score (nSPS) is 12.1. The quantitative estimate of drug-likeness (QED) is 0.272. The highest BCUT2D eigenvalue weighted by atomic mass is 32.2. The number of aromatic nitrogens is 3. The zero-order valence-corrected chi connectivity index (χ0v) is 19.4. The molecule has 33 heavy (non-hydrogen) atoms. The number of thiophene rings is 1. The predicted octanol–water partition coefficient (Wildman–Crippen LogP) is 4.91. The Labute approximate surface area is 199 Å². The average Bonchev–Trinajstić information content (AvgIpc) is 3.61. The Bertz CT molecular complexity index is 1230. The van der Waals surface area contributed by atoms with Gasteiger partial charge in [-0.25, -0.2) is 0 Å². The summed E-state index contributed by atoms with van der Waals surface area (Å²) < 4.78 is 12.8. The van der Waals surface area contributed by atoms with E-state index in [1.807, 2.05) is 66.0 Å². The summed E-state index contributed by atoms with van der Waals surface area (Å²) in [4.78, 5) is 13.4. The maximum absolute atomic E-state index is 12.3. The molecular formula is C24H22N4O3S2. The molecule has 1 aliphatic rings. The number of carbonyl (C=O) groups excluding carboxylic acids is 1. The molecule has 0 spiro atoms. The predicted molar refractivity (Wildman–Crippen MR) is 129 cm³/mol. The van der Waals surface area contributed by atoms with Crippen LogP contribution in [0.2, 0.25) is 0 Å². The van der Waals surface area contributed by atoms with Crippen LogP contribution < -0.4 is 14.8 Å². The molecule has 0 aliphatic carbocycles. The SMILES string of the molecule is O=C(CCCSc1nnc(-c2cccs2)n1-c1ccccc1)NCc1ccc2c(c1)OCO2. The summed E-state index contributed by atoms with van der Waals surface area (Å²) in [6, 6.07) is 19.9. The van der Waals surface area contributed by atoms with Gasteiger partial charge in [0.2, 0.25) is 12.7 Å². The van der Waals surface area contributed by atoms with Crippen molar-refractivity contribution in [3.05, 3.63) is 71.6 Å². The minimum Gasteiger partial charge on any atom is -0.454 e. The minimum absolute atomic E-state index is 0.0251. The van der Waals surface area contributed by atoms with Crippen molar-refractivity contribution in [1.29, 1.82) is 0 Å². The average molecular weight is 479 g/mol. The monoisotopic (exact) mass is 478 g/mol. The van der Waals surface area contributed by atoms with Crippen molar-refractivity contribution >= 4 is 29.0 Å². The lowest BCUT2D eigenvalue weighted by molar-refractivity contribution is -0.121. The van der Waals surface area contributed by atoms with Crippen LogP contribution in [0.5, 0.6) is 11.5 Å². The van der Waals surface area contributed by atoms with Crippen molar-refractivity contribution in [3.8, 4) is 27.9 Å². The molecule has 0 unspecified atom stereocenters. The first-order chi connectivity index (χ1) is 16.3. The standard InChI is InChI=1S/C24H22N4O3S2/c29-22(25-15-17-10-11-19-20(14-17)31-16-30-19)9-5-13-33-24-27-26-23(21-8-4-12-32-21)28(24)18-6-2-1-3-7-18/h1-4,6-8,10-12,14H,5,9,13,15-16H2,(H,25,29). The topological polar surface area (TPSA) is 78.3 Å². The molecule has 4 aromatic rings. The summed E-state index contributed by atoms with van der Waals surface area (Å²) in [5.41, 5.74) is 2.01.